The number of esters is 1. The van der Waals surface area contributed by atoms with Crippen molar-refractivity contribution in [3.63, 3.8) is 0 Å². The summed E-state index contributed by atoms with van der Waals surface area (Å²) in [7, 11) is -1.39. The summed E-state index contributed by atoms with van der Waals surface area (Å²) < 4.78 is 5.46. The molecular weight excluding hydrogens is 336 g/mol. The summed E-state index contributed by atoms with van der Waals surface area (Å²) in [5, 5.41) is 1.38. The third-order valence-electron chi connectivity index (χ3n) is 4.86. The van der Waals surface area contributed by atoms with E-state index in [2.05, 4.69) is 50.0 Å². The zero-order chi connectivity index (χ0) is 18.8. The van der Waals surface area contributed by atoms with E-state index in [9.17, 15) is 4.79 Å². The Bertz CT molecular complexity index is 845. The van der Waals surface area contributed by atoms with Crippen LogP contribution in [0.3, 0.4) is 0 Å². The Kier molecular flexibility index (Phi) is 5.01. The highest BCUT2D eigenvalue weighted by molar-refractivity contribution is 6.88. The molecule has 2 aliphatic carbocycles. The quantitative estimate of drug-likeness (QED) is 0.579. The summed E-state index contributed by atoms with van der Waals surface area (Å²) in [6.45, 7) is 9.19. The lowest BCUT2D eigenvalue weighted by molar-refractivity contribution is -0.146. The average Bonchev–Trinajstić information content (AvgIpc) is 2.85. The fraction of sp³-hybridized carbons (Fsp3) is 0.261. The van der Waals surface area contributed by atoms with Crippen molar-refractivity contribution in [2.75, 3.05) is 6.61 Å². The second-order valence-corrected chi connectivity index (χ2v) is 12.8. The number of hydrogen-bond acceptors (Lipinski definition) is 2. The fourth-order valence-electron chi connectivity index (χ4n) is 3.29. The lowest BCUT2D eigenvalue weighted by Crippen LogP contribution is -2.39. The van der Waals surface area contributed by atoms with Gasteiger partial charge in [0, 0.05) is 0 Å². The van der Waals surface area contributed by atoms with Crippen molar-refractivity contribution in [1.82, 2.24) is 0 Å². The minimum atomic E-state index is -1.39. The minimum absolute atomic E-state index is 0.228. The third kappa shape index (κ3) is 3.45. The minimum Gasteiger partial charge on any atom is -0.465 e. The van der Waals surface area contributed by atoms with Gasteiger partial charge in [0.1, 0.15) is 5.41 Å². The molecule has 0 heterocycles. The highest BCUT2D eigenvalue weighted by Gasteiger charge is 2.39. The topological polar surface area (TPSA) is 26.3 Å². The van der Waals surface area contributed by atoms with Crippen LogP contribution in [-0.4, -0.2) is 20.7 Å². The molecule has 0 fully saturated rings. The average molecular weight is 363 g/mol. The van der Waals surface area contributed by atoms with Gasteiger partial charge in [0.15, 0.2) is 0 Å². The number of carbonyl (C=O) groups is 1. The molecule has 26 heavy (non-hydrogen) atoms. The molecule has 3 rings (SSSR count). The third-order valence-corrected chi connectivity index (χ3v) is 6.92. The van der Waals surface area contributed by atoms with Crippen molar-refractivity contribution >= 4 is 19.2 Å². The lowest BCUT2D eigenvalue weighted by atomic mass is 9.74. The molecule has 2 aliphatic rings. The predicted octanol–water partition coefficient (Wildman–Crippen LogP) is 4.58. The van der Waals surface area contributed by atoms with Gasteiger partial charge in [-0.05, 0) is 23.6 Å². The Morgan fingerprint density at radius 2 is 1.73 bits per heavy atom. The van der Waals surface area contributed by atoms with Gasteiger partial charge in [-0.25, -0.2) is 0 Å². The number of hydrogen-bond donors (Lipinski definition) is 0. The van der Waals surface area contributed by atoms with Crippen LogP contribution in [0.15, 0.2) is 84.0 Å². The summed E-state index contributed by atoms with van der Waals surface area (Å²) in [4.78, 5) is 13.0. The van der Waals surface area contributed by atoms with E-state index in [0.29, 0.717) is 6.61 Å². The first kappa shape index (κ1) is 18.4. The second-order valence-electron chi connectivity index (χ2n) is 7.72. The van der Waals surface area contributed by atoms with Gasteiger partial charge < -0.3 is 4.74 Å². The Balaban J connectivity index is 2.11. The van der Waals surface area contributed by atoms with Crippen LogP contribution in [0.25, 0.3) is 0 Å². The number of benzene rings is 1. The molecule has 0 bridgehead atoms. The molecule has 1 unspecified atom stereocenters. The zero-order valence-corrected chi connectivity index (χ0v) is 17.0. The van der Waals surface area contributed by atoms with Crippen molar-refractivity contribution in [3.8, 4) is 0 Å². The van der Waals surface area contributed by atoms with Gasteiger partial charge in [-0.3, -0.25) is 4.79 Å². The first-order valence-corrected chi connectivity index (χ1v) is 12.6. The first-order valence-electron chi connectivity index (χ1n) is 9.12. The first-order chi connectivity index (χ1) is 12.4. The number of fused-ring (bicyclic) bond motifs is 1. The number of carbonyl (C=O) groups excluding carboxylic acids is 1. The molecule has 1 aromatic rings. The van der Waals surface area contributed by atoms with E-state index in [1.165, 1.54) is 5.19 Å². The highest BCUT2D eigenvalue weighted by Crippen LogP contribution is 2.37. The number of allylic oxidation sites excluding steroid dienone is 8. The summed E-state index contributed by atoms with van der Waals surface area (Å²) in [6, 6.07) is 8.51. The van der Waals surface area contributed by atoms with Crippen molar-refractivity contribution < 1.29 is 9.53 Å². The molecule has 0 N–H and O–H groups in total. The van der Waals surface area contributed by atoms with Gasteiger partial charge in [0.2, 0.25) is 0 Å². The summed E-state index contributed by atoms with van der Waals surface area (Å²) >= 11 is 0. The fourth-order valence-corrected chi connectivity index (χ4v) is 4.46. The van der Waals surface area contributed by atoms with Gasteiger partial charge in [0.05, 0.1) is 14.7 Å². The van der Waals surface area contributed by atoms with Gasteiger partial charge in [-0.15, -0.1) is 0 Å². The normalized spacial score (nSPS) is 21.5. The van der Waals surface area contributed by atoms with Crippen LogP contribution in [0.2, 0.25) is 19.6 Å². The van der Waals surface area contributed by atoms with Crippen LogP contribution in [-0.2, 0) is 14.9 Å². The maximum Gasteiger partial charge on any atom is 0.324 e. The molecular formula is C23H26O2Si. The number of ether oxygens (including phenoxy) is 1. The molecule has 134 valence electrons. The van der Waals surface area contributed by atoms with Gasteiger partial charge in [-0.1, -0.05) is 97.7 Å². The van der Waals surface area contributed by atoms with Crippen molar-refractivity contribution in [2.24, 2.45) is 0 Å². The Morgan fingerprint density at radius 3 is 2.38 bits per heavy atom. The molecule has 0 aromatic heterocycles. The largest absolute Gasteiger partial charge is 0.465 e. The SMILES string of the molecule is CCOC(=O)C1(c2ccc([Si](C)(C)C)cc2)C=CC2=CC=CC=CC2=C1. The summed E-state index contributed by atoms with van der Waals surface area (Å²) in [5.41, 5.74) is 2.22. The Hall–Kier alpha value is -2.39. The molecule has 0 saturated heterocycles. The van der Waals surface area contributed by atoms with Gasteiger partial charge in [-0.2, -0.15) is 0 Å². The molecule has 0 saturated carbocycles. The lowest BCUT2D eigenvalue weighted by Gasteiger charge is -2.30. The van der Waals surface area contributed by atoms with Crippen molar-refractivity contribution in [2.45, 2.75) is 32.0 Å². The van der Waals surface area contributed by atoms with E-state index in [-0.39, 0.29) is 5.97 Å². The summed E-state index contributed by atoms with van der Waals surface area (Å²) in [5.74, 6) is -0.228. The maximum absolute atomic E-state index is 13.0. The molecule has 0 radical (unpaired) electrons. The number of rotatable bonds is 4. The molecule has 1 aromatic carbocycles. The zero-order valence-electron chi connectivity index (χ0n) is 16.0. The van der Waals surface area contributed by atoms with Crippen LogP contribution in [0, 0.1) is 0 Å². The monoisotopic (exact) mass is 362 g/mol. The van der Waals surface area contributed by atoms with E-state index in [1.807, 2.05) is 49.5 Å². The van der Waals surface area contributed by atoms with Gasteiger partial charge in [0.25, 0.3) is 0 Å². The van der Waals surface area contributed by atoms with Crippen LogP contribution < -0.4 is 5.19 Å². The Morgan fingerprint density at radius 1 is 1.00 bits per heavy atom. The van der Waals surface area contributed by atoms with E-state index in [1.54, 1.807) is 0 Å². The molecule has 0 aliphatic heterocycles. The van der Waals surface area contributed by atoms with Gasteiger partial charge >= 0.3 is 5.97 Å². The highest BCUT2D eigenvalue weighted by atomic mass is 28.3. The van der Waals surface area contributed by atoms with E-state index in [0.717, 1.165) is 16.7 Å². The smallest absolute Gasteiger partial charge is 0.324 e. The standard InChI is InChI=1S/C23H26O2Si/c1-5-25-22(24)23(20-11-13-21(14-12-20)26(2,3)4)16-15-18-9-7-6-8-10-19(18)17-23/h6-17H,5H2,1-4H3. The van der Waals surface area contributed by atoms with E-state index >= 15 is 0 Å². The second kappa shape index (κ2) is 7.08. The molecule has 0 amide bonds. The molecule has 3 heteroatoms. The maximum atomic E-state index is 13.0. The molecule has 1 atom stereocenters. The van der Waals surface area contributed by atoms with Crippen molar-refractivity contribution in [3.05, 3.63) is 89.6 Å². The molecule has 2 nitrogen and oxygen atoms in total. The summed E-state index contributed by atoms with van der Waals surface area (Å²) in [6.07, 6.45) is 16.1. The van der Waals surface area contributed by atoms with E-state index in [4.69, 9.17) is 4.74 Å². The van der Waals surface area contributed by atoms with Crippen molar-refractivity contribution in [1.29, 1.82) is 0 Å². The van der Waals surface area contributed by atoms with Crippen LogP contribution in [0.5, 0.6) is 0 Å². The molecule has 0 spiro atoms. The Labute approximate surface area is 157 Å². The van der Waals surface area contributed by atoms with Crippen LogP contribution in [0.4, 0.5) is 0 Å². The van der Waals surface area contributed by atoms with Crippen LogP contribution in [0.1, 0.15) is 12.5 Å². The van der Waals surface area contributed by atoms with Crippen LogP contribution >= 0.6 is 0 Å². The van der Waals surface area contributed by atoms with E-state index < -0.39 is 13.5 Å². The predicted molar refractivity (Wildman–Crippen MR) is 111 cm³/mol.